The largest absolute Gasteiger partial charge is 0.358 e. The zero-order valence-electron chi connectivity index (χ0n) is 12.6. The van der Waals surface area contributed by atoms with E-state index in [1.54, 1.807) is 0 Å². The van der Waals surface area contributed by atoms with E-state index in [0.717, 1.165) is 0 Å². The molecule has 2 heterocycles. The molecule has 0 radical (unpaired) electrons. The summed E-state index contributed by atoms with van der Waals surface area (Å²) in [5, 5.41) is 0. The van der Waals surface area contributed by atoms with Crippen molar-refractivity contribution in [2.45, 2.75) is 45.7 Å². The number of hydrogen-bond donors (Lipinski definition) is 0. The summed E-state index contributed by atoms with van der Waals surface area (Å²) in [5.74, 6) is 0. The SMILES string of the molecule is CCC1(C)C2N(C)C=CN2c2ccccc2C1(C)C. The lowest BCUT2D eigenvalue weighted by atomic mass is 9.57. The Bertz CT molecular complexity index is 532. The second-order valence-corrected chi connectivity index (χ2v) is 6.66. The predicted molar refractivity (Wildman–Crippen MR) is 81.0 cm³/mol. The Morgan fingerprint density at radius 3 is 2.47 bits per heavy atom. The molecule has 0 bridgehead atoms. The van der Waals surface area contributed by atoms with Crippen LogP contribution in [-0.4, -0.2) is 18.1 Å². The number of benzene rings is 1. The van der Waals surface area contributed by atoms with Crippen LogP contribution in [-0.2, 0) is 5.41 Å². The zero-order chi connectivity index (χ0) is 13.8. The van der Waals surface area contributed by atoms with E-state index in [0.29, 0.717) is 6.17 Å². The van der Waals surface area contributed by atoms with Gasteiger partial charge in [0.15, 0.2) is 0 Å². The van der Waals surface area contributed by atoms with Crippen molar-refractivity contribution in [1.29, 1.82) is 0 Å². The Morgan fingerprint density at radius 1 is 1.11 bits per heavy atom. The van der Waals surface area contributed by atoms with Gasteiger partial charge in [-0.15, -0.1) is 0 Å². The Labute approximate surface area is 116 Å². The van der Waals surface area contributed by atoms with Crippen molar-refractivity contribution < 1.29 is 0 Å². The minimum atomic E-state index is 0.166. The highest BCUT2D eigenvalue weighted by molar-refractivity contribution is 5.64. The molecule has 0 saturated heterocycles. The average molecular weight is 256 g/mol. The Kier molecular flexibility index (Phi) is 2.51. The second-order valence-electron chi connectivity index (χ2n) is 6.66. The fraction of sp³-hybridized carbons (Fsp3) is 0.529. The molecule has 0 aliphatic carbocycles. The molecule has 0 saturated carbocycles. The van der Waals surface area contributed by atoms with Gasteiger partial charge in [-0.1, -0.05) is 45.9 Å². The monoisotopic (exact) mass is 256 g/mol. The first kappa shape index (κ1) is 12.6. The van der Waals surface area contributed by atoms with Gasteiger partial charge in [0.05, 0.1) is 0 Å². The van der Waals surface area contributed by atoms with Crippen molar-refractivity contribution >= 4 is 5.69 Å². The molecule has 2 aliphatic rings. The summed E-state index contributed by atoms with van der Waals surface area (Å²) in [6.45, 7) is 9.56. The minimum absolute atomic E-state index is 0.166. The Balaban J connectivity index is 2.27. The molecule has 2 heteroatoms. The number of anilines is 1. The lowest BCUT2D eigenvalue weighted by molar-refractivity contribution is 0.0528. The normalized spacial score (nSPS) is 31.3. The van der Waals surface area contributed by atoms with Crippen LogP contribution in [0.4, 0.5) is 5.69 Å². The standard InChI is InChI=1S/C17H24N2/c1-6-17(4)15-18(5)11-12-19(15)14-10-8-7-9-13(14)16(17,2)3/h7-12,15H,6H2,1-5H3. The summed E-state index contributed by atoms with van der Waals surface area (Å²) < 4.78 is 0. The molecule has 0 fully saturated rings. The van der Waals surface area contributed by atoms with Gasteiger partial charge in [0.1, 0.15) is 6.17 Å². The summed E-state index contributed by atoms with van der Waals surface area (Å²) >= 11 is 0. The van der Waals surface area contributed by atoms with Crippen LogP contribution in [0.5, 0.6) is 0 Å². The summed E-state index contributed by atoms with van der Waals surface area (Å²) in [6.07, 6.45) is 6.02. The van der Waals surface area contributed by atoms with Crippen molar-refractivity contribution in [3.05, 3.63) is 42.2 Å². The Morgan fingerprint density at radius 2 is 1.79 bits per heavy atom. The van der Waals surface area contributed by atoms with Gasteiger partial charge < -0.3 is 9.80 Å². The van der Waals surface area contributed by atoms with Crippen molar-refractivity contribution in [2.24, 2.45) is 5.41 Å². The van der Waals surface area contributed by atoms with Gasteiger partial charge >= 0.3 is 0 Å². The summed E-state index contributed by atoms with van der Waals surface area (Å²) in [6, 6.07) is 8.86. The highest BCUT2D eigenvalue weighted by atomic mass is 15.4. The van der Waals surface area contributed by atoms with E-state index < -0.39 is 0 Å². The van der Waals surface area contributed by atoms with Crippen LogP contribution in [0.3, 0.4) is 0 Å². The van der Waals surface area contributed by atoms with Gasteiger partial charge in [0, 0.05) is 36.0 Å². The summed E-state index contributed by atoms with van der Waals surface area (Å²) in [4.78, 5) is 4.81. The first-order valence-corrected chi connectivity index (χ1v) is 7.21. The molecule has 2 unspecified atom stereocenters. The number of fused-ring (bicyclic) bond motifs is 3. The quantitative estimate of drug-likeness (QED) is 0.751. The molecule has 2 aliphatic heterocycles. The number of hydrogen-bond acceptors (Lipinski definition) is 2. The van der Waals surface area contributed by atoms with Crippen LogP contribution in [0.15, 0.2) is 36.7 Å². The molecule has 102 valence electrons. The molecule has 0 N–H and O–H groups in total. The molecular formula is C17H24N2. The number of nitrogens with zero attached hydrogens (tertiary/aromatic N) is 2. The molecule has 1 aromatic rings. The minimum Gasteiger partial charge on any atom is -0.358 e. The van der Waals surface area contributed by atoms with Gasteiger partial charge in [-0.05, 0) is 18.1 Å². The van der Waals surface area contributed by atoms with Crippen molar-refractivity contribution in [3.8, 4) is 0 Å². The van der Waals surface area contributed by atoms with Crippen LogP contribution >= 0.6 is 0 Å². The lowest BCUT2D eigenvalue weighted by Gasteiger charge is -2.57. The van der Waals surface area contributed by atoms with Crippen LogP contribution in [0.25, 0.3) is 0 Å². The van der Waals surface area contributed by atoms with E-state index in [2.05, 4.69) is 81.2 Å². The molecule has 0 amide bonds. The van der Waals surface area contributed by atoms with Crippen molar-refractivity contribution in [2.75, 3.05) is 11.9 Å². The molecule has 2 nitrogen and oxygen atoms in total. The molecule has 1 aromatic carbocycles. The zero-order valence-corrected chi connectivity index (χ0v) is 12.6. The summed E-state index contributed by atoms with van der Waals surface area (Å²) in [7, 11) is 2.19. The molecule has 0 spiro atoms. The smallest absolute Gasteiger partial charge is 0.111 e. The first-order valence-electron chi connectivity index (χ1n) is 7.21. The highest BCUT2D eigenvalue weighted by Gasteiger charge is 2.55. The van der Waals surface area contributed by atoms with Gasteiger partial charge in [0.2, 0.25) is 0 Å². The van der Waals surface area contributed by atoms with E-state index in [1.165, 1.54) is 17.7 Å². The third kappa shape index (κ3) is 1.37. The first-order chi connectivity index (χ1) is 8.93. The van der Waals surface area contributed by atoms with Gasteiger partial charge in [-0.3, -0.25) is 0 Å². The van der Waals surface area contributed by atoms with Crippen LogP contribution < -0.4 is 4.90 Å². The molecule has 0 aromatic heterocycles. The highest BCUT2D eigenvalue weighted by Crippen LogP contribution is 2.56. The van der Waals surface area contributed by atoms with Gasteiger partial charge in [-0.25, -0.2) is 0 Å². The molecule has 19 heavy (non-hydrogen) atoms. The maximum atomic E-state index is 2.45. The Hall–Kier alpha value is -1.44. The fourth-order valence-electron chi connectivity index (χ4n) is 3.99. The third-order valence-corrected chi connectivity index (χ3v) is 5.70. The van der Waals surface area contributed by atoms with E-state index in [1.807, 2.05) is 0 Å². The van der Waals surface area contributed by atoms with E-state index in [4.69, 9.17) is 0 Å². The van der Waals surface area contributed by atoms with Crippen molar-refractivity contribution in [1.82, 2.24) is 4.90 Å². The lowest BCUT2D eigenvalue weighted by Crippen LogP contribution is -2.60. The van der Waals surface area contributed by atoms with E-state index >= 15 is 0 Å². The fourth-order valence-corrected chi connectivity index (χ4v) is 3.99. The average Bonchev–Trinajstić information content (AvgIpc) is 2.79. The maximum Gasteiger partial charge on any atom is 0.111 e. The third-order valence-electron chi connectivity index (χ3n) is 5.70. The molecule has 3 rings (SSSR count). The van der Waals surface area contributed by atoms with Gasteiger partial charge in [-0.2, -0.15) is 0 Å². The predicted octanol–water partition coefficient (Wildman–Crippen LogP) is 3.94. The number of para-hydroxylation sites is 1. The van der Waals surface area contributed by atoms with Crippen molar-refractivity contribution in [3.63, 3.8) is 0 Å². The van der Waals surface area contributed by atoms with Crippen LogP contribution in [0, 0.1) is 5.41 Å². The topological polar surface area (TPSA) is 6.48 Å². The van der Waals surface area contributed by atoms with E-state index in [9.17, 15) is 0 Å². The molecular weight excluding hydrogens is 232 g/mol. The van der Waals surface area contributed by atoms with Crippen LogP contribution in [0.2, 0.25) is 0 Å². The molecule has 2 atom stereocenters. The summed E-state index contributed by atoms with van der Waals surface area (Å²) in [5.41, 5.74) is 3.22. The number of rotatable bonds is 1. The second kappa shape index (κ2) is 3.78. The van der Waals surface area contributed by atoms with Crippen LogP contribution in [0.1, 0.15) is 39.7 Å². The maximum absolute atomic E-state index is 2.45. The van der Waals surface area contributed by atoms with Gasteiger partial charge in [0.25, 0.3) is 0 Å². The van der Waals surface area contributed by atoms with E-state index in [-0.39, 0.29) is 10.8 Å².